The molecule has 1 unspecified atom stereocenters. The number of carbonyl (C=O) groups excluding carboxylic acids is 1. The third-order valence-electron chi connectivity index (χ3n) is 5.55. The van der Waals surface area contributed by atoms with Crippen LogP contribution in [0.15, 0.2) is 71.7 Å². The van der Waals surface area contributed by atoms with Crippen LogP contribution in [0.25, 0.3) is 11.1 Å². The van der Waals surface area contributed by atoms with Gasteiger partial charge in [-0.15, -0.1) is 13.2 Å². The molecule has 0 aliphatic carbocycles. The highest BCUT2D eigenvalue weighted by Gasteiger charge is 2.53. The van der Waals surface area contributed by atoms with Gasteiger partial charge in [-0.2, -0.15) is 12.7 Å². The van der Waals surface area contributed by atoms with Gasteiger partial charge in [0.05, 0.1) is 12.5 Å². The van der Waals surface area contributed by atoms with E-state index in [1.54, 1.807) is 6.07 Å². The van der Waals surface area contributed by atoms with Crippen LogP contribution in [-0.4, -0.2) is 51.9 Å². The van der Waals surface area contributed by atoms with Crippen LogP contribution in [0.1, 0.15) is 11.1 Å². The number of rotatable bonds is 7. The predicted octanol–water partition coefficient (Wildman–Crippen LogP) is 3.60. The van der Waals surface area contributed by atoms with Crippen molar-refractivity contribution >= 4 is 43.6 Å². The zero-order chi connectivity index (χ0) is 29.7. The zero-order valence-electron chi connectivity index (χ0n) is 20.5. The summed E-state index contributed by atoms with van der Waals surface area (Å²) in [5.41, 5.74) is 4.59. The number of hydrogen-bond donors (Lipinski definition) is 1. The van der Waals surface area contributed by atoms with Crippen LogP contribution >= 0.6 is 11.6 Å². The number of halogens is 4. The van der Waals surface area contributed by atoms with Crippen molar-refractivity contribution in [1.82, 2.24) is 4.31 Å². The van der Waals surface area contributed by atoms with E-state index in [1.807, 2.05) is 0 Å². The minimum absolute atomic E-state index is 0.00883. The molecule has 10 nitrogen and oxygen atoms in total. The van der Waals surface area contributed by atoms with Crippen LogP contribution in [0, 0.1) is 0 Å². The second kappa shape index (κ2) is 9.98. The van der Waals surface area contributed by atoms with E-state index in [9.17, 15) is 34.8 Å². The molecule has 1 atom stereocenters. The first-order chi connectivity index (χ1) is 18.4. The summed E-state index contributed by atoms with van der Waals surface area (Å²) in [5.74, 6) is -2.42. The Balaban J connectivity index is 1.90. The summed E-state index contributed by atoms with van der Waals surface area (Å²) in [6, 6.07) is 14.3. The molecule has 0 saturated heterocycles. The van der Waals surface area contributed by atoms with Crippen LogP contribution in [0.2, 0.25) is 5.02 Å². The Labute approximate surface area is 232 Å². The molecular weight excluding hydrogens is 599 g/mol. The maximum absolute atomic E-state index is 13.7. The molecule has 0 fully saturated rings. The lowest BCUT2D eigenvalue weighted by Gasteiger charge is -2.27. The minimum atomic E-state index is -4.97. The van der Waals surface area contributed by atoms with Gasteiger partial charge in [0.25, 0.3) is 5.91 Å². The van der Waals surface area contributed by atoms with Crippen LogP contribution in [0.3, 0.4) is 0 Å². The van der Waals surface area contributed by atoms with E-state index in [0.29, 0.717) is 15.4 Å². The number of guanidine groups is 1. The first-order valence-electron chi connectivity index (χ1n) is 11.0. The fourth-order valence-corrected chi connectivity index (χ4v) is 5.64. The smallest absolute Gasteiger partial charge is 0.406 e. The Morgan fingerprint density at radius 3 is 2.10 bits per heavy atom. The molecule has 40 heavy (non-hydrogen) atoms. The van der Waals surface area contributed by atoms with E-state index in [1.165, 1.54) is 36.4 Å². The summed E-state index contributed by atoms with van der Waals surface area (Å²) in [7, 11) is -8.13. The Morgan fingerprint density at radius 2 is 1.55 bits per heavy atom. The Kier molecular flexibility index (Phi) is 7.28. The third-order valence-corrected chi connectivity index (χ3v) is 7.28. The lowest BCUT2D eigenvalue weighted by molar-refractivity contribution is -0.274. The maximum Gasteiger partial charge on any atom is 0.573 e. The number of hydrogen-bond acceptors (Lipinski definition) is 9. The highest BCUT2D eigenvalue weighted by Crippen LogP contribution is 2.42. The van der Waals surface area contributed by atoms with E-state index < -0.39 is 49.7 Å². The molecule has 212 valence electrons. The van der Waals surface area contributed by atoms with Gasteiger partial charge < -0.3 is 14.7 Å². The maximum atomic E-state index is 13.7. The first kappa shape index (κ1) is 29.2. The minimum Gasteiger partial charge on any atom is -0.406 e. The number of aliphatic imine (C=N–C) groups is 1. The van der Waals surface area contributed by atoms with Gasteiger partial charge >= 0.3 is 16.5 Å². The summed E-state index contributed by atoms with van der Waals surface area (Å²) in [6.07, 6.45) is -3.37. The zero-order valence-corrected chi connectivity index (χ0v) is 22.9. The number of nitrogens with two attached hydrogens (primary N) is 1. The van der Waals surface area contributed by atoms with Gasteiger partial charge in [0.15, 0.2) is 5.54 Å². The van der Waals surface area contributed by atoms with Crippen molar-refractivity contribution in [3.05, 3.63) is 82.9 Å². The quantitative estimate of drug-likeness (QED) is 0.396. The van der Waals surface area contributed by atoms with Crippen LogP contribution < -0.4 is 14.7 Å². The summed E-state index contributed by atoms with van der Waals surface area (Å²) in [5, 5.41) is 0.124. The van der Waals surface area contributed by atoms with E-state index >= 15 is 0 Å². The van der Waals surface area contributed by atoms with E-state index in [0.717, 1.165) is 36.8 Å². The van der Waals surface area contributed by atoms with Gasteiger partial charge in [-0.1, -0.05) is 41.9 Å². The molecule has 1 aliphatic heterocycles. The van der Waals surface area contributed by atoms with Gasteiger partial charge in [-0.25, -0.2) is 13.4 Å². The average Bonchev–Trinajstić information content (AvgIpc) is 3.08. The fourth-order valence-electron chi connectivity index (χ4n) is 4.15. The lowest BCUT2D eigenvalue weighted by Crippen LogP contribution is -2.46. The van der Waals surface area contributed by atoms with Gasteiger partial charge in [0.2, 0.25) is 16.0 Å². The predicted molar refractivity (Wildman–Crippen MR) is 140 cm³/mol. The van der Waals surface area contributed by atoms with Crippen molar-refractivity contribution in [1.29, 1.82) is 0 Å². The highest BCUT2D eigenvalue weighted by molar-refractivity contribution is 7.89. The summed E-state index contributed by atoms with van der Waals surface area (Å²) in [6.45, 7) is 0. The number of carbonyl (C=O) groups is 1. The van der Waals surface area contributed by atoms with Gasteiger partial charge in [-0.05, 0) is 52.6 Å². The number of nitrogens with zero attached hydrogens (tertiary/aromatic N) is 2. The highest BCUT2D eigenvalue weighted by atomic mass is 35.5. The van der Waals surface area contributed by atoms with Crippen molar-refractivity contribution in [3.8, 4) is 22.6 Å². The Bertz CT molecular complexity index is 1750. The van der Waals surface area contributed by atoms with Crippen LogP contribution in [-0.2, 0) is 30.5 Å². The second-order valence-electron chi connectivity index (χ2n) is 8.63. The van der Waals surface area contributed by atoms with Crippen molar-refractivity contribution in [3.63, 3.8) is 0 Å². The molecule has 1 amide bonds. The van der Waals surface area contributed by atoms with Crippen molar-refractivity contribution in [2.75, 3.05) is 12.5 Å². The van der Waals surface area contributed by atoms with E-state index in [2.05, 4.69) is 9.73 Å². The molecule has 1 aliphatic rings. The first-order valence-corrected chi connectivity index (χ1v) is 15.0. The Morgan fingerprint density at radius 1 is 0.900 bits per heavy atom. The molecule has 0 radical (unpaired) electrons. The standard InChI is InChI=1S/C24H19ClF3N3O7S2/c1-39(33,34)31-21(32)23(30-22(31)29,16-6-8-19(9-7-16)37-24(26,27)28)17-5-3-4-14(10-17)15-11-18(25)13-20(12-15)38-40(2,35)36/h3-13H,1-2H3,(H2,29,30). The molecule has 4 rings (SSSR count). The van der Waals surface area contributed by atoms with Gasteiger partial charge in [-0.3, -0.25) is 4.79 Å². The van der Waals surface area contributed by atoms with E-state index in [4.69, 9.17) is 21.5 Å². The monoisotopic (exact) mass is 617 g/mol. The molecule has 0 aromatic heterocycles. The number of amides is 1. The van der Waals surface area contributed by atoms with Crippen molar-refractivity contribution in [2.45, 2.75) is 11.9 Å². The summed E-state index contributed by atoms with van der Waals surface area (Å²) < 4.78 is 95.3. The van der Waals surface area contributed by atoms with Crippen LogP contribution in [0.5, 0.6) is 11.5 Å². The van der Waals surface area contributed by atoms with Gasteiger partial charge in [0.1, 0.15) is 11.5 Å². The molecule has 3 aromatic carbocycles. The van der Waals surface area contributed by atoms with Crippen LogP contribution in [0.4, 0.5) is 13.2 Å². The normalized spacial score (nSPS) is 18.0. The number of alkyl halides is 3. The SMILES string of the molecule is CS(=O)(=O)Oc1cc(Cl)cc(-c2cccc(C3(c4ccc(OC(F)(F)F)cc4)N=C(N)N(S(C)(=O)=O)C3=O)c2)c1. The molecule has 1 heterocycles. The molecular formula is C24H19ClF3N3O7S2. The largest absolute Gasteiger partial charge is 0.573 e. The van der Waals surface area contributed by atoms with Crippen molar-refractivity contribution in [2.24, 2.45) is 10.7 Å². The van der Waals surface area contributed by atoms with Crippen molar-refractivity contribution < 1.29 is 43.7 Å². The molecule has 0 bridgehead atoms. The summed E-state index contributed by atoms with van der Waals surface area (Å²) in [4.78, 5) is 18.0. The Hall–Kier alpha value is -3.82. The number of ether oxygens (including phenoxy) is 1. The van der Waals surface area contributed by atoms with E-state index in [-0.39, 0.29) is 21.9 Å². The fraction of sp³-hybridized carbons (Fsp3) is 0.167. The molecule has 2 N–H and O–H groups in total. The number of sulfonamides is 1. The van der Waals surface area contributed by atoms with Gasteiger partial charge in [0, 0.05) is 11.1 Å². The lowest BCUT2D eigenvalue weighted by atomic mass is 9.82. The topological polar surface area (TPSA) is 145 Å². The molecule has 16 heteroatoms. The molecule has 3 aromatic rings. The third kappa shape index (κ3) is 6.00. The molecule has 0 spiro atoms. The second-order valence-corrected chi connectivity index (χ2v) is 12.5. The average molecular weight is 618 g/mol. The molecule has 0 saturated carbocycles. The number of benzene rings is 3. The summed E-state index contributed by atoms with van der Waals surface area (Å²) >= 11 is 6.16.